The molecule has 8 rings (SSSR count). The van der Waals surface area contributed by atoms with Crippen molar-refractivity contribution in [2.75, 3.05) is 6.54 Å². The molecule has 0 unspecified atom stereocenters. The fourth-order valence-corrected chi connectivity index (χ4v) is 6.33. The van der Waals surface area contributed by atoms with Gasteiger partial charge in [0.1, 0.15) is 5.82 Å². The first-order chi connectivity index (χ1) is 21.3. The number of hydrogen-bond acceptors (Lipinski definition) is 1. The molecule has 0 bridgehead atoms. The molecule has 1 aromatic heterocycles. The predicted molar refractivity (Wildman–Crippen MR) is 183 cm³/mol. The summed E-state index contributed by atoms with van der Waals surface area (Å²) in [7, 11) is 0. The summed E-state index contributed by atoms with van der Waals surface area (Å²) in [6.07, 6.45) is 6.45. The Bertz CT molecular complexity index is 2150. The Balaban J connectivity index is 1.37. The summed E-state index contributed by atoms with van der Waals surface area (Å²) < 4.78 is 2.36. The van der Waals surface area contributed by atoms with Crippen LogP contribution in [0.2, 0.25) is 0 Å². The number of allylic oxidation sites excluding steroid dienone is 2. The number of rotatable bonds is 5. The molecule has 43 heavy (non-hydrogen) atoms. The van der Waals surface area contributed by atoms with E-state index in [1.54, 1.807) is 0 Å². The average molecular weight is 551 g/mol. The summed E-state index contributed by atoms with van der Waals surface area (Å²) >= 11 is 0. The second-order valence-corrected chi connectivity index (χ2v) is 11.0. The quantitative estimate of drug-likeness (QED) is 0.226. The van der Waals surface area contributed by atoms with Gasteiger partial charge in [-0.3, -0.25) is 4.57 Å². The minimum Gasteiger partial charge on any atom is -0.368 e. The zero-order valence-corrected chi connectivity index (χ0v) is 23.7. The molecule has 0 aliphatic carbocycles. The number of dihydropyridines is 1. The maximum Gasteiger partial charge on any atom is 0.111 e. The van der Waals surface area contributed by atoms with Gasteiger partial charge < -0.3 is 5.32 Å². The lowest BCUT2D eigenvalue weighted by atomic mass is 9.90. The topological polar surface area (TPSA) is 17.0 Å². The number of nitrogens with zero attached hydrogens (tertiary/aromatic N) is 1. The highest BCUT2D eigenvalue weighted by Crippen LogP contribution is 2.40. The largest absolute Gasteiger partial charge is 0.368 e. The number of hydrogen-bond donors (Lipinski definition) is 1. The highest BCUT2D eigenvalue weighted by Gasteiger charge is 2.17. The molecule has 0 radical (unpaired) electrons. The number of benzene rings is 6. The fraction of sp³-hybridized carbons (Fsp3) is 0.0244. The highest BCUT2D eigenvalue weighted by atomic mass is 15.1. The van der Waals surface area contributed by atoms with E-state index in [9.17, 15) is 0 Å². The van der Waals surface area contributed by atoms with E-state index in [1.807, 2.05) is 0 Å². The minimum atomic E-state index is 0.821. The Morgan fingerprint density at radius 2 is 0.977 bits per heavy atom. The molecule has 2 heteroatoms. The van der Waals surface area contributed by atoms with Crippen LogP contribution < -0.4 is 5.32 Å². The van der Waals surface area contributed by atoms with Crippen molar-refractivity contribution < 1.29 is 0 Å². The Labute approximate surface area is 251 Å². The second kappa shape index (κ2) is 10.7. The smallest absolute Gasteiger partial charge is 0.111 e. The summed E-state index contributed by atoms with van der Waals surface area (Å²) in [5.41, 5.74) is 12.2. The molecule has 2 nitrogen and oxygen atoms in total. The first-order valence-corrected chi connectivity index (χ1v) is 14.8. The summed E-state index contributed by atoms with van der Waals surface area (Å²) in [5, 5.41) is 6.08. The Morgan fingerprint density at radius 1 is 0.442 bits per heavy atom. The molecule has 7 aromatic rings. The summed E-state index contributed by atoms with van der Waals surface area (Å²) in [6, 6.07) is 52.7. The zero-order valence-electron chi connectivity index (χ0n) is 23.7. The van der Waals surface area contributed by atoms with Crippen LogP contribution in [0.5, 0.6) is 0 Å². The Morgan fingerprint density at radius 3 is 1.58 bits per heavy atom. The van der Waals surface area contributed by atoms with Crippen LogP contribution in [-0.4, -0.2) is 11.1 Å². The number of aromatic nitrogens is 1. The van der Waals surface area contributed by atoms with Crippen LogP contribution in [0.3, 0.4) is 0 Å². The summed E-state index contributed by atoms with van der Waals surface area (Å²) in [5.74, 6) is 1.10. The first kappa shape index (κ1) is 25.1. The molecule has 204 valence electrons. The van der Waals surface area contributed by atoms with Gasteiger partial charge in [-0.1, -0.05) is 127 Å². The van der Waals surface area contributed by atoms with Crippen LogP contribution >= 0.6 is 0 Å². The lowest BCUT2D eigenvalue weighted by Crippen LogP contribution is -2.19. The molecule has 0 saturated carbocycles. The van der Waals surface area contributed by atoms with Gasteiger partial charge in [0.15, 0.2) is 0 Å². The summed E-state index contributed by atoms with van der Waals surface area (Å²) in [4.78, 5) is 0. The van der Waals surface area contributed by atoms with Crippen molar-refractivity contribution in [2.24, 2.45) is 0 Å². The highest BCUT2D eigenvalue weighted by molar-refractivity contribution is 6.12. The van der Waals surface area contributed by atoms with Crippen molar-refractivity contribution in [1.29, 1.82) is 0 Å². The van der Waals surface area contributed by atoms with Gasteiger partial charge in [0.2, 0.25) is 0 Å². The molecule has 2 heterocycles. The third kappa shape index (κ3) is 4.54. The molecule has 0 atom stereocenters. The van der Waals surface area contributed by atoms with E-state index in [2.05, 4.69) is 174 Å². The van der Waals surface area contributed by atoms with E-state index >= 15 is 0 Å². The van der Waals surface area contributed by atoms with E-state index in [0.29, 0.717) is 0 Å². The van der Waals surface area contributed by atoms with Crippen LogP contribution in [0.4, 0.5) is 0 Å². The molecule has 1 aliphatic rings. The van der Waals surface area contributed by atoms with Gasteiger partial charge in [-0.25, -0.2) is 0 Å². The monoisotopic (exact) mass is 550 g/mol. The predicted octanol–water partition coefficient (Wildman–Crippen LogP) is 10.4. The lowest BCUT2D eigenvalue weighted by Gasteiger charge is -2.16. The first-order valence-electron chi connectivity index (χ1n) is 14.8. The molecule has 1 N–H and O–H groups in total. The third-order valence-corrected chi connectivity index (χ3v) is 8.43. The van der Waals surface area contributed by atoms with E-state index in [4.69, 9.17) is 0 Å². The van der Waals surface area contributed by atoms with Crippen molar-refractivity contribution >= 4 is 27.6 Å². The zero-order chi connectivity index (χ0) is 28.6. The molecule has 0 fully saturated rings. The van der Waals surface area contributed by atoms with Gasteiger partial charge in [0, 0.05) is 17.3 Å². The maximum absolute atomic E-state index is 3.59. The molecular weight excluding hydrogens is 520 g/mol. The third-order valence-electron chi connectivity index (χ3n) is 8.43. The normalized spacial score (nSPS) is 12.8. The van der Waals surface area contributed by atoms with Crippen molar-refractivity contribution in [3.8, 4) is 44.5 Å². The maximum atomic E-state index is 3.59. The van der Waals surface area contributed by atoms with Gasteiger partial charge in [-0.15, -0.1) is 0 Å². The summed E-state index contributed by atoms with van der Waals surface area (Å²) in [6.45, 7) is 0.821. The minimum absolute atomic E-state index is 0.821. The Kier molecular flexibility index (Phi) is 6.23. The van der Waals surface area contributed by atoms with Crippen molar-refractivity contribution in [3.05, 3.63) is 164 Å². The van der Waals surface area contributed by atoms with Crippen molar-refractivity contribution in [2.45, 2.75) is 0 Å². The van der Waals surface area contributed by atoms with Crippen LogP contribution in [0.15, 0.2) is 164 Å². The van der Waals surface area contributed by atoms with Crippen LogP contribution in [0, 0.1) is 0 Å². The van der Waals surface area contributed by atoms with Gasteiger partial charge in [-0.05, 0) is 80.9 Å². The van der Waals surface area contributed by atoms with Gasteiger partial charge >= 0.3 is 0 Å². The van der Waals surface area contributed by atoms with E-state index in [0.717, 1.165) is 12.4 Å². The molecule has 0 spiro atoms. The van der Waals surface area contributed by atoms with Crippen LogP contribution in [-0.2, 0) is 0 Å². The van der Waals surface area contributed by atoms with Crippen LogP contribution in [0.25, 0.3) is 72.1 Å². The second-order valence-electron chi connectivity index (χ2n) is 11.0. The SMILES string of the molecule is C1=CCNC(n2c3ccc(-c4ccccc4)cc3c3cc(-c4ccc(-c5ccccc5)cc4-c4ccccc4)ccc32)=C1. The lowest BCUT2D eigenvalue weighted by molar-refractivity contribution is 0.922. The van der Waals surface area contributed by atoms with E-state index in [-0.39, 0.29) is 0 Å². The van der Waals surface area contributed by atoms with Crippen LogP contribution in [0.1, 0.15) is 0 Å². The fourth-order valence-electron chi connectivity index (χ4n) is 6.33. The molecule has 1 aliphatic heterocycles. The average Bonchev–Trinajstić information content (AvgIpc) is 3.42. The molecule has 0 saturated heterocycles. The van der Waals surface area contributed by atoms with Gasteiger partial charge in [0.05, 0.1) is 11.0 Å². The van der Waals surface area contributed by atoms with Gasteiger partial charge in [0.25, 0.3) is 0 Å². The van der Waals surface area contributed by atoms with Crippen molar-refractivity contribution in [1.82, 2.24) is 9.88 Å². The van der Waals surface area contributed by atoms with E-state index in [1.165, 1.54) is 66.3 Å². The number of fused-ring (bicyclic) bond motifs is 3. The molecule has 0 amide bonds. The van der Waals surface area contributed by atoms with Crippen molar-refractivity contribution in [3.63, 3.8) is 0 Å². The molecular formula is C41H30N2. The Hall–Kier alpha value is -5.60. The molecule has 6 aromatic carbocycles. The van der Waals surface area contributed by atoms with Gasteiger partial charge in [-0.2, -0.15) is 0 Å². The van der Waals surface area contributed by atoms with E-state index < -0.39 is 0 Å². The number of nitrogens with one attached hydrogen (secondary N) is 1. The standard InChI is InChI=1S/C41H30N2/c1-4-12-29(13-5-1)32-19-22-35(36(26-32)31-16-8-3-9-17-31)34-21-24-40-38(28-34)37-27-33(30-14-6-2-7-15-30)20-23-39(37)43(40)41-18-10-11-25-42-41/h1-24,26-28,42H,25H2.